The van der Waals surface area contributed by atoms with E-state index in [0.29, 0.717) is 30.0 Å². The molecule has 154 valence electrons. The lowest BCUT2D eigenvalue weighted by Crippen LogP contribution is -2.41. The lowest BCUT2D eigenvalue weighted by molar-refractivity contribution is -0.135. The number of aromatic nitrogens is 1. The number of rotatable bonds is 3. The lowest BCUT2D eigenvalue weighted by Gasteiger charge is -2.37. The summed E-state index contributed by atoms with van der Waals surface area (Å²) in [7, 11) is 0. The summed E-state index contributed by atoms with van der Waals surface area (Å²) in [5, 5.41) is 0.505. The molecule has 0 spiro atoms. The van der Waals surface area contributed by atoms with Crippen LogP contribution in [-0.2, 0) is 20.9 Å². The molecule has 2 aromatic rings. The summed E-state index contributed by atoms with van der Waals surface area (Å²) >= 11 is 12.6. The van der Waals surface area contributed by atoms with E-state index in [1.54, 1.807) is 29.4 Å². The maximum Gasteiger partial charge on any atom is 0.290 e. The van der Waals surface area contributed by atoms with E-state index >= 15 is 0 Å². The van der Waals surface area contributed by atoms with Gasteiger partial charge in [0.2, 0.25) is 0 Å². The molecular formula is C23H20Cl2N2O3. The number of fused-ring (bicyclic) bond motifs is 1. The molecule has 3 heterocycles. The Balaban J connectivity index is 1.59. The van der Waals surface area contributed by atoms with E-state index in [1.165, 1.54) is 0 Å². The predicted octanol–water partition coefficient (Wildman–Crippen LogP) is 4.45. The average molecular weight is 443 g/mol. The number of carbonyl (C=O) groups excluding carboxylic acids is 2. The van der Waals surface area contributed by atoms with Gasteiger partial charge in [-0.25, -0.2) is 0 Å². The minimum absolute atomic E-state index is 0.0291. The number of ether oxygens (including phenoxy) is 1. The van der Waals surface area contributed by atoms with Crippen LogP contribution in [0.15, 0.2) is 60.1 Å². The number of benzene rings is 1. The Morgan fingerprint density at radius 2 is 2.03 bits per heavy atom. The molecule has 5 nitrogen and oxygen atoms in total. The van der Waals surface area contributed by atoms with Gasteiger partial charge in [0, 0.05) is 29.3 Å². The molecule has 1 aromatic heterocycles. The first-order valence-electron chi connectivity index (χ1n) is 10.1. The Morgan fingerprint density at radius 3 is 2.80 bits per heavy atom. The monoisotopic (exact) mass is 442 g/mol. The van der Waals surface area contributed by atoms with Crippen LogP contribution >= 0.6 is 23.2 Å². The van der Waals surface area contributed by atoms with Crippen molar-refractivity contribution in [3.63, 3.8) is 0 Å². The highest BCUT2D eigenvalue weighted by Crippen LogP contribution is 2.47. The van der Waals surface area contributed by atoms with E-state index in [9.17, 15) is 9.59 Å². The molecule has 0 N–H and O–H groups in total. The van der Waals surface area contributed by atoms with Gasteiger partial charge >= 0.3 is 0 Å². The van der Waals surface area contributed by atoms with Gasteiger partial charge in [0.25, 0.3) is 5.91 Å². The molecule has 30 heavy (non-hydrogen) atoms. The third kappa shape index (κ3) is 3.30. The van der Waals surface area contributed by atoms with Crippen LogP contribution in [0.25, 0.3) is 0 Å². The van der Waals surface area contributed by atoms with Crippen molar-refractivity contribution in [2.75, 3.05) is 0 Å². The zero-order valence-electron chi connectivity index (χ0n) is 16.1. The van der Waals surface area contributed by atoms with Crippen molar-refractivity contribution in [2.45, 2.75) is 43.3 Å². The van der Waals surface area contributed by atoms with Gasteiger partial charge in [0.1, 0.15) is 6.10 Å². The molecule has 0 saturated heterocycles. The van der Waals surface area contributed by atoms with Gasteiger partial charge < -0.3 is 9.64 Å². The van der Waals surface area contributed by atoms with Gasteiger partial charge in [-0.3, -0.25) is 14.6 Å². The van der Waals surface area contributed by atoms with Crippen molar-refractivity contribution in [1.29, 1.82) is 0 Å². The summed E-state index contributed by atoms with van der Waals surface area (Å²) in [6.45, 7) is 0.320. The van der Waals surface area contributed by atoms with E-state index in [2.05, 4.69) is 4.98 Å². The second kappa shape index (κ2) is 7.71. The van der Waals surface area contributed by atoms with Crippen molar-refractivity contribution >= 4 is 34.9 Å². The number of nitrogens with zero attached hydrogens (tertiary/aromatic N) is 2. The number of Topliss-reactive ketones (excluding diaryl/α,β-unsaturated/α-hetero) is 1. The number of hydrogen-bond acceptors (Lipinski definition) is 4. The molecular weight excluding hydrogens is 423 g/mol. The van der Waals surface area contributed by atoms with E-state index < -0.39 is 6.04 Å². The van der Waals surface area contributed by atoms with Crippen molar-refractivity contribution in [2.24, 2.45) is 5.92 Å². The van der Waals surface area contributed by atoms with Crippen LogP contribution in [0.2, 0.25) is 5.02 Å². The number of hydrogen-bond donors (Lipinski definition) is 0. The van der Waals surface area contributed by atoms with E-state index in [-0.39, 0.29) is 34.8 Å². The Kier molecular flexibility index (Phi) is 5.03. The zero-order chi connectivity index (χ0) is 20.8. The minimum atomic E-state index is -0.546. The van der Waals surface area contributed by atoms with Crippen LogP contribution in [-0.4, -0.2) is 33.1 Å². The summed E-state index contributed by atoms with van der Waals surface area (Å²) in [6, 6.07) is 10.5. The Morgan fingerprint density at radius 1 is 1.17 bits per heavy atom. The number of alkyl halides is 1. The van der Waals surface area contributed by atoms with Gasteiger partial charge in [-0.15, -0.1) is 11.6 Å². The van der Waals surface area contributed by atoms with Crippen molar-refractivity contribution < 1.29 is 14.3 Å². The summed E-state index contributed by atoms with van der Waals surface area (Å²) < 4.78 is 6.16. The first-order valence-corrected chi connectivity index (χ1v) is 10.9. The number of pyridine rings is 1. The SMILES string of the molecule is O=C1C2=C(OC3CCC(Cl)CC13)C(=O)N(Cc1cccnc1)C2c1cccc(Cl)c1. The molecule has 7 heteroatoms. The number of halogens is 2. The normalized spacial score (nSPS) is 28.3. The summed E-state index contributed by atoms with van der Waals surface area (Å²) in [4.78, 5) is 32.8. The second-order valence-electron chi connectivity index (χ2n) is 8.03. The van der Waals surface area contributed by atoms with Gasteiger partial charge in [-0.1, -0.05) is 29.8 Å². The standard InChI is InChI=1S/C23H20Cl2N2O3/c24-15-5-1-4-14(9-15)20-19-21(28)17-10-16(25)6-7-18(17)30-22(19)23(29)27(20)12-13-3-2-8-26-11-13/h1-5,8-9,11,16-18,20H,6-7,10,12H2. The van der Waals surface area contributed by atoms with Gasteiger partial charge in [-0.05, 0) is 48.6 Å². The van der Waals surface area contributed by atoms with Crippen LogP contribution in [0.5, 0.6) is 0 Å². The predicted molar refractivity (Wildman–Crippen MR) is 113 cm³/mol. The third-order valence-electron chi connectivity index (χ3n) is 6.12. The molecule has 1 saturated carbocycles. The molecule has 1 fully saturated rings. The molecule has 4 atom stereocenters. The van der Waals surface area contributed by atoms with Crippen molar-refractivity contribution in [3.05, 3.63) is 76.3 Å². The number of ketones is 1. The quantitative estimate of drug-likeness (QED) is 0.658. The third-order valence-corrected chi connectivity index (χ3v) is 6.75. The first kappa shape index (κ1) is 19.6. The summed E-state index contributed by atoms with van der Waals surface area (Å²) in [5.74, 6) is -0.423. The molecule has 0 bridgehead atoms. The van der Waals surface area contributed by atoms with Gasteiger partial charge in [0.15, 0.2) is 11.5 Å². The van der Waals surface area contributed by atoms with E-state index in [0.717, 1.165) is 17.5 Å². The fourth-order valence-corrected chi connectivity index (χ4v) is 5.25. The van der Waals surface area contributed by atoms with E-state index in [1.807, 2.05) is 24.3 Å². The van der Waals surface area contributed by atoms with E-state index in [4.69, 9.17) is 27.9 Å². The molecule has 1 aliphatic carbocycles. The highest BCUT2D eigenvalue weighted by molar-refractivity contribution is 6.30. The van der Waals surface area contributed by atoms with Crippen LogP contribution in [0.4, 0.5) is 0 Å². The molecule has 4 unspecified atom stereocenters. The van der Waals surface area contributed by atoms with Crippen LogP contribution < -0.4 is 0 Å². The van der Waals surface area contributed by atoms with Crippen LogP contribution in [0, 0.1) is 5.92 Å². The minimum Gasteiger partial charge on any atom is -0.483 e. The highest BCUT2D eigenvalue weighted by Gasteiger charge is 2.52. The number of amides is 1. The average Bonchev–Trinajstić information content (AvgIpc) is 3.02. The molecule has 3 aliphatic rings. The first-order chi connectivity index (χ1) is 14.5. The lowest BCUT2D eigenvalue weighted by atomic mass is 9.77. The molecule has 2 aliphatic heterocycles. The highest BCUT2D eigenvalue weighted by atomic mass is 35.5. The molecule has 1 amide bonds. The maximum atomic E-state index is 13.6. The largest absolute Gasteiger partial charge is 0.483 e. The zero-order valence-corrected chi connectivity index (χ0v) is 17.6. The summed E-state index contributed by atoms with van der Waals surface area (Å²) in [6.07, 6.45) is 5.16. The smallest absolute Gasteiger partial charge is 0.290 e. The molecule has 0 radical (unpaired) electrons. The maximum absolute atomic E-state index is 13.6. The van der Waals surface area contributed by atoms with Crippen LogP contribution in [0.3, 0.4) is 0 Å². The van der Waals surface area contributed by atoms with Crippen molar-refractivity contribution in [3.8, 4) is 0 Å². The topological polar surface area (TPSA) is 59.5 Å². The Hall–Kier alpha value is -2.37. The fraction of sp³-hybridized carbons (Fsp3) is 0.348. The Bertz CT molecular complexity index is 1040. The number of carbonyl (C=O) groups is 2. The Labute approximate surface area is 184 Å². The molecule has 1 aromatic carbocycles. The van der Waals surface area contributed by atoms with Gasteiger partial charge in [0.05, 0.1) is 17.5 Å². The van der Waals surface area contributed by atoms with Crippen molar-refractivity contribution in [1.82, 2.24) is 9.88 Å². The molecule has 5 rings (SSSR count). The van der Waals surface area contributed by atoms with Crippen LogP contribution in [0.1, 0.15) is 36.4 Å². The summed E-state index contributed by atoms with van der Waals surface area (Å²) in [5.41, 5.74) is 2.10. The second-order valence-corrected chi connectivity index (χ2v) is 9.09. The fourth-order valence-electron chi connectivity index (χ4n) is 4.74. The van der Waals surface area contributed by atoms with Gasteiger partial charge in [-0.2, -0.15) is 0 Å².